The number of nitrogens with zero attached hydrogens (tertiary/aromatic N) is 2. The number of hydrogen-bond donors (Lipinski definition) is 1. The van der Waals surface area contributed by atoms with Crippen molar-refractivity contribution in [1.29, 1.82) is 0 Å². The maximum atomic E-state index is 6.05. The highest BCUT2D eigenvalue weighted by atomic mass is 32.1. The van der Waals surface area contributed by atoms with Crippen LogP contribution < -0.4 is 9.47 Å². The smallest absolute Gasteiger partial charge is 0.161 e. The maximum Gasteiger partial charge on any atom is 0.161 e. The van der Waals surface area contributed by atoms with E-state index in [1.807, 2.05) is 91.0 Å². The Labute approximate surface area is 212 Å². The number of H-pyrrole nitrogens is 1. The monoisotopic (exact) mass is 489 g/mol. The summed E-state index contributed by atoms with van der Waals surface area (Å²) in [6.07, 6.45) is 2.10. The fraction of sp³-hybridized carbons (Fsp3) is 0.0667. The lowest BCUT2D eigenvalue weighted by Crippen LogP contribution is -1.98. The Balaban J connectivity index is 1.40. The Bertz CT molecular complexity index is 1540. The summed E-state index contributed by atoms with van der Waals surface area (Å²) < 4.78 is 12.9. The molecule has 176 valence electrons. The number of para-hydroxylation sites is 3. The topological polar surface area (TPSA) is 60.0 Å². The number of ether oxygens (including phenoxy) is 2. The second-order valence-electron chi connectivity index (χ2n) is 8.33. The van der Waals surface area contributed by atoms with E-state index < -0.39 is 0 Å². The molecule has 0 fully saturated rings. The molecule has 0 unspecified atom stereocenters. The van der Waals surface area contributed by atoms with E-state index in [1.54, 1.807) is 18.4 Å². The van der Waals surface area contributed by atoms with Crippen LogP contribution in [0.5, 0.6) is 11.5 Å². The fourth-order valence-corrected chi connectivity index (χ4v) is 5.08. The molecule has 2 aromatic heterocycles. The van der Waals surface area contributed by atoms with Gasteiger partial charge in [0.25, 0.3) is 0 Å². The van der Waals surface area contributed by atoms with Crippen molar-refractivity contribution in [3.05, 3.63) is 119 Å². The molecule has 0 aliphatic heterocycles. The van der Waals surface area contributed by atoms with Gasteiger partial charge in [0.1, 0.15) is 17.4 Å². The molecule has 0 amide bonds. The molecular weight excluding hydrogens is 466 g/mol. The van der Waals surface area contributed by atoms with Crippen LogP contribution >= 0.6 is 11.3 Å². The van der Waals surface area contributed by atoms with Crippen LogP contribution in [0.25, 0.3) is 32.9 Å². The number of thiazole rings is 1. The average molecular weight is 490 g/mol. The van der Waals surface area contributed by atoms with Crippen LogP contribution in [-0.4, -0.2) is 22.1 Å². The van der Waals surface area contributed by atoms with Crippen molar-refractivity contribution in [2.45, 2.75) is 6.61 Å². The Morgan fingerprint density at radius 3 is 2.42 bits per heavy atom. The van der Waals surface area contributed by atoms with Gasteiger partial charge in [-0.05, 0) is 53.6 Å². The lowest BCUT2D eigenvalue weighted by molar-refractivity contribution is 0.284. The van der Waals surface area contributed by atoms with Gasteiger partial charge in [-0.25, -0.2) is 9.97 Å². The van der Waals surface area contributed by atoms with Gasteiger partial charge in [-0.1, -0.05) is 60.7 Å². The van der Waals surface area contributed by atoms with E-state index in [9.17, 15) is 0 Å². The van der Waals surface area contributed by atoms with Gasteiger partial charge in [0.2, 0.25) is 0 Å². The third kappa shape index (κ3) is 4.46. The highest BCUT2D eigenvalue weighted by molar-refractivity contribution is 7.19. The number of imidazole rings is 1. The molecule has 0 aliphatic carbocycles. The molecule has 4 aromatic carbocycles. The number of fused-ring (bicyclic) bond motifs is 2. The molecule has 1 N–H and O–H groups in total. The maximum absolute atomic E-state index is 6.05. The second kappa shape index (κ2) is 9.68. The fourth-order valence-electron chi connectivity index (χ4n) is 4.09. The van der Waals surface area contributed by atoms with Crippen molar-refractivity contribution in [3.8, 4) is 11.5 Å². The van der Waals surface area contributed by atoms with Gasteiger partial charge in [0.05, 0.1) is 33.9 Å². The van der Waals surface area contributed by atoms with E-state index in [0.29, 0.717) is 18.1 Å². The molecule has 0 aliphatic rings. The summed E-state index contributed by atoms with van der Waals surface area (Å²) in [6.45, 7) is 0.475. The zero-order valence-corrected chi connectivity index (χ0v) is 20.5. The Hall–Kier alpha value is -4.42. The molecule has 6 rings (SSSR count). The van der Waals surface area contributed by atoms with Crippen LogP contribution in [0.15, 0.2) is 97.1 Å². The summed E-state index contributed by atoms with van der Waals surface area (Å²) in [7, 11) is 1.66. The van der Waals surface area contributed by atoms with Crippen LogP contribution in [0, 0.1) is 0 Å². The first-order valence-electron chi connectivity index (χ1n) is 11.6. The number of rotatable bonds is 7. The quantitative estimate of drug-likeness (QED) is 0.255. The average Bonchev–Trinajstić information content (AvgIpc) is 3.55. The van der Waals surface area contributed by atoms with Crippen molar-refractivity contribution in [1.82, 2.24) is 15.0 Å². The Morgan fingerprint density at radius 1 is 0.833 bits per heavy atom. The number of methoxy groups -OCH3 is 1. The van der Waals surface area contributed by atoms with Crippen LogP contribution in [0.2, 0.25) is 0 Å². The first-order chi connectivity index (χ1) is 17.8. The molecule has 0 saturated heterocycles. The van der Waals surface area contributed by atoms with E-state index in [-0.39, 0.29) is 0 Å². The van der Waals surface area contributed by atoms with Crippen LogP contribution in [0.4, 0.5) is 0 Å². The largest absolute Gasteiger partial charge is 0.493 e. The van der Waals surface area contributed by atoms with Gasteiger partial charge < -0.3 is 14.5 Å². The molecule has 6 heteroatoms. The summed E-state index contributed by atoms with van der Waals surface area (Å²) in [6, 6.07) is 32.3. The predicted octanol–water partition coefficient (Wildman–Crippen LogP) is 7.35. The van der Waals surface area contributed by atoms with E-state index in [2.05, 4.69) is 17.1 Å². The summed E-state index contributed by atoms with van der Waals surface area (Å²) in [4.78, 5) is 13.2. The van der Waals surface area contributed by atoms with Crippen molar-refractivity contribution in [2.75, 3.05) is 7.11 Å². The van der Waals surface area contributed by atoms with Crippen LogP contribution in [0.3, 0.4) is 0 Å². The third-order valence-electron chi connectivity index (χ3n) is 5.90. The molecule has 0 atom stereocenters. The minimum absolute atomic E-state index is 0.475. The van der Waals surface area contributed by atoms with Gasteiger partial charge in [-0.3, -0.25) is 0 Å². The lowest BCUT2D eigenvalue weighted by atomic mass is 10.1. The SMILES string of the molecule is COc1cc(C=C(c2nc3ccccc3[nH]2)c2nc3ccccc3s2)ccc1OCc1ccccc1. The van der Waals surface area contributed by atoms with Crippen LogP contribution in [0.1, 0.15) is 22.0 Å². The predicted molar refractivity (Wildman–Crippen MR) is 146 cm³/mol. The number of hydrogen-bond acceptors (Lipinski definition) is 5. The third-order valence-corrected chi connectivity index (χ3v) is 6.97. The molecule has 2 heterocycles. The first-order valence-corrected chi connectivity index (χ1v) is 12.5. The molecule has 0 bridgehead atoms. The summed E-state index contributed by atoms with van der Waals surface area (Å²) in [5, 5.41) is 0.902. The number of benzene rings is 4. The highest BCUT2D eigenvalue weighted by Gasteiger charge is 2.16. The van der Waals surface area contributed by atoms with Gasteiger partial charge in [0.15, 0.2) is 11.5 Å². The van der Waals surface area contributed by atoms with Gasteiger partial charge in [-0.2, -0.15) is 0 Å². The Kier molecular flexibility index (Phi) is 5.93. The number of aromatic nitrogens is 3. The van der Waals surface area contributed by atoms with Gasteiger partial charge >= 0.3 is 0 Å². The summed E-state index contributed by atoms with van der Waals surface area (Å²) in [5.74, 6) is 2.15. The Morgan fingerprint density at radius 2 is 1.61 bits per heavy atom. The summed E-state index contributed by atoms with van der Waals surface area (Å²) in [5.41, 5.74) is 5.87. The van der Waals surface area contributed by atoms with Crippen LogP contribution in [-0.2, 0) is 6.61 Å². The molecule has 0 spiro atoms. The number of nitrogens with one attached hydrogen (secondary N) is 1. The van der Waals surface area contributed by atoms with Crippen molar-refractivity contribution in [2.24, 2.45) is 0 Å². The van der Waals surface area contributed by atoms with E-state index in [0.717, 1.165) is 48.8 Å². The summed E-state index contributed by atoms with van der Waals surface area (Å²) >= 11 is 1.65. The molecule has 0 saturated carbocycles. The molecule has 6 aromatic rings. The zero-order chi connectivity index (χ0) is 24.3. The standard InChI is InChI=1S/C30H23N3O2S/c1-34-27-18-21(15-16-26(27)35-19-20-9-3-2-4-10-20)17-22(29-31-23-11-5-6-12-24(23)32-29)30-33-25-13-7-8-14-28(25)36-30/h2-18H,19H2,1H3,(H,31,32). The number of aromatic amines is 1. The van der Waals surface area contributed by atoms with E-state index in [1.165, 1.54) is 0 Å². The second-order valence-corrected chi connectivity index (χ2v) is 9.36. The first kappa shape index (κ1) is 22.1. The minimum atomic E-state index is 0.475. The van der Waals surface area contributed by atoms with Gasteiger partial charge in [-0.15, -0.1) is 11.3 Å². The highest BCUT2D eigenvalue weighted by Crippen LogP contribution is 2.35. The zero-order valence-electron chi connectivity index (χ0n) is 19.6. The van der Waals surface area contributed by atoms with Gasteiger partial charge in [0, 0.05) is 0 Å². The van der Waals surface area contributed by atoms with E-state index in [4.69, 9.17) is 19.4 Å². The van der Waals surface area contributed by atoms with Crippen molar-refractivity contribution >= 4 is 44.2 Å². The lowest BCUT2D eigenvalue weighted by Gasteiger charge is -2.12. The minimum Gasteiger partial charge on any atom is -0.493 e. The molecular formula is C30H23N3O2S. The molecule has 36 heavy (non-hydrogen) atoms. The molecule has 0 radical (unpaired) electrons. The van der Waals surface area contributed by atoms with Crippen molar-refractivity contribution in [3.63, 3.8) is 0 Å². The normalized spacial score (nSPS) is 11.8. The van der Waals surface area contributed by atoms with Crippen molar-refractivity contribution < 1.29 is 9.47 Å². The molecule has 5 nitrogen and oxygen atoms in total. The van der Waals surface area contributed by atoms with E-state index >= 15 is 0 Å².